The molecule has 0 aliphatic heterocycles. The average molecular weight is 344 g/mol. The molecule has 3 rings (SSSR count). The number of thioether (sulfide) groups is 1. The fourth-order valence-electron chi connectivity index (χ4n) is 1.87. The van der Waals surface area contributed by atoms with E-state index in [1.807, 2.05) is 0 Å². The standard InChI is InChI=1S/C15H9ClF3NOS/c16-11-5-6-12-13(7-11)21-14(20-12)22-8-9-1-3-10(4-2-9)15(17,18)19/h1-7H,8H2. The van der Waals surface area contributed by atoms with Gasteiger partial charge in [0.1, 0.15) is 5.52 Å². The summed E-state index contributed by atoms with van der Waals surface area (Å²) in [4.78, 5) is 4.28. The number of benzene rings is 2. The van der Waals surface area contributed by atoms with E-state index in [-0.39, 0.29) is 0 Å². The van der Waals surface area contributed by atoms with Gasteiger partial charge in [-0.05, 0) is 29.8 Å². The Labute approximate surface area is 133 Å². The number of alkyl halides is 3. The molecule has 0 N–H and O–H groups in total. The highest BCUT2D eigenvalue weighted by atomic mass is 35.5. The molecule has 0 radical (unpaired) electrons. The molecule has 0 bridgehead atoms. The van der Waals surface area contributed by atoms with Gasteiger partial charge in [0.2, 0.25) is 0 Å². The summed E-state index contributed by atoms with van der Waals surface area (Å²) in [6.07, 6.45) is -4.31. The SMILES string of the molecule is FC(F)(F)c1ccc(CSc2nc3ccc(Cl)cc3o2)cc1. The van der Waals surface area contributed by atoms with Crippen LogP contribution in [0, 0.1) is 0 Å². The van der Waals surface area contributed by atoms with E-state index in [1.165, 1.54) is 23.9 Å². The summed E-state index contributed by atoms with van der Waals surface area (Å²) >= 11 is 7.18. The monoisotopic (exact) mass is 343 g/mol. The van der Waals surface area contributed by atoms with Gasteiger partial charge in [-0.3, -0.25) is 0 Å². The van der Waals surface area contributed by atoms with Gasteiger partial charge in [-0.25, -0.2) is 4.98 Å². The highest BCUT2D eigenvalue weighted by molar-refractivity contribution is 7.98. The summed E-state index contributed by atoms with van der Waals surface area (Å²) in [7, 11) is 0. The summed E-state index contributed by atoms with van der Waals surface area (Å²) < 4.78 is 43.0. The highest BCUT2D eigenvalue weighted by Crippen LogP contribution is 2.31. The third kappa shape index (κ3) is 3.39. The number of fused-ring (bicyclic) bond motifs is 1. The third-order valence-corrected chi connectivity index (χ3v) is 4.11. The lowest BCUT2D eigenvalue weighted by atomic mass is 10.1. The van der Waals surface area contributed by atoms with Crippen LogP contribution in [0.15, 0.2) is 52.1 Å². The molecular formula is C15H9ClF3NOS. The summed E-state index contributed by atoms with van der Waals surface area (Å²) in [6.45, 7) is 0. The van der Waals surface area contributed by atoms with Gasteiger partial charge in [0.25, 0.3) is 5.22 Å². The number of hydrogen-bond acceptors (Lipinski definition) is 3. The van der Waals surface area contributed by atoms with Crippen molar-refractivity contribution in [3.8, 4) is 0 Å². The van der Waals surface area contributed by atoms with Gasteiger partial charge >= 0.3 is 6.18 Å². The summed E-state index contributed by atoms with van der Waals surface area (Å²) in [5.41, 5.74) is 1.39. The van der Waals surface area contributed by atoms with Crippen LogP contribution >= 0.6 is 23.4 Å². The number of oxazole rings is 1. The molecule has 114 valence electrons. The normalized spacial score (nSPS) is 12.0. The van der Waals surface area contributed by atoms with Crippen molar-refractivity contribution < 1.29 is 17.6 Å². The van der Waals surface area contributed by atoms with Crippen LogP contribution < -0.4 is 0 Å². The van der Waals surface area contributed by atoms with Gasteiger partial charge in [0.05, 0.1) is 5.56 Å². The zero-order valence-corrected chi connectivity index (χ0v) is 12.6. The molecule has 1 aromatic heterocycles. The summed E-state index contributed by atoms with van der Waals surface area (Å²) in [5, 5.41) is 1.01. The van der Waals surface area contributed by atoms with Crippen molar-refractivity contribution >= 4 is 34.5 Å². The van der Waals surface area contributed by atoms with Crippen LogP contribution in [0.25, 0.3) is 11.1 Å². The van der Waals surface area contributed by atoms with Crippen molar-refractivity contribution in [2.24, 2.45) is 0 Å². The molecule has 22 heavy (non-hydrogen) atoms. The molecule has 0 saturated carbocycles. The second-order valence-corrected chi connectivity index (χ2v) is 5.94. The maximum absolute atomic E-state index is 12.5. The molecule has 3 aromatic rings. The fourth-order valence-corrected chi connectivity index (χ4v) is 2.83. The van der Waals surface area contributed by atoms with E-state index >= 15 is 0 Å². The quantitative estimate of drug-likeness (QED) is 0.563. The highest BCUT2D eigenvalue weighted by Gasteiger charge is 2.29. The maximum Gasteiger partial charge on any atom is 0.416 e. The molecule has 0 unspecified atom stereocenters. The fraction of sp³-hybridized carbons (Fsp3) is 0.133. The number of aromatic nitrogens is 1. The van der Waals surface area contributed by atoms with Gasteiger partial charge in [-0.2, -0.15) is 13.2 Å². The van der Waals surface area contributed by atoms with Gasteiger partial charge in [0.15, 0.2) is 5.58 Å². The Morgan fingerprint density at radius 1 is 1.09 bits per heavy atom. The second kappa shape index (κ2) is 5.85. The summed E-state index contributed by atoms with van der Waals surface area (Å²) in [6, 6.07) is 10.2. The lowest BCUT2D eigenvalue weighted by Crippen LogP contribution is -2.04. The molecule has 0 fully saturated rings. The Hall–Kier alpha value is -1.66. The number of rotatable bonds is 3. The van der Waals surface area contributed by atoms with Gasteiger partial charge in [0, 0.05) is 16.8 Å². The van der Waals surface area contributed by atoms with Crippen molar-refractivity contribution in [2.75, 3.05) is 0 Å². The molecule has 2 aromatic carbocycles. The number of nitrogens with zero attached hydrogens (tertiary/aromatic N) is 1. The molecule has 0 aliphatic carbocycles. The van der Waals surface area contributed by atoms with E-state index < -0.39 is 11.7 Å². The van der Waals surface area contributed by atoms with Crippen molar-refractivity contribution in [1.82, 2.24) is 4.98 Å². The zero-order valence-electron chi connectivity index (χ0n) is 11.0. The molecule has 7 heteroatoms. The van der Waals surface area contributed by atoms with Crippen LogP contribution in [-0.4, -0.2) is 4.98 Å². The van der Waals surface area contributed by atoms with Crippen LogP contribution in [-0.2, 0) is 11.9 Å². The van der Waals surface area contributed by atoms with Crippen LogP contribution in [0.4, 0.5) is 13.2 Å². The minimum Gasteiger partial charge on any atom is -0.431 e. The Kier molecular flexibility index (Phi) is 4.06. The molecule has 0 saturated heterocycles. The third-order valence-electron chi connectivity index (χ3n) is 2.97. The lowest BCUT2D eigenvalue weighted by molar-refractivity contribution is -0.137. The smallest absolute Gasteiger partial charge is 0.416 e. The Bertz CT molecular complexity index is 799. The average Bonchev–Trinajstić information content (AvgIpc) is 2.86. The van der Waals surface area contributed by atoms with Crippen LogP contribution in [0.1, 0.15) is 11.1 Å². The van der Waals surface area contributed by atoms with Crippen LogP contribution in [0.5, 0.6) is 0 Å². The van der Waals surface area contributed by atoms with Crippen molar-refractivity contribution in [2.45, 2.75) is 17.2 Å². The van der Waals surface area contributed by atoms with E-state index in [9.17, 15) is 13.2 Å². The Morgan fingerprint density at radius 3 is 2.50 bits per heavy atom. The molecular weight excluding hydrogens is 335 g/mol. The molecule has 0 aliphatic rings. The minimum atomic E-state index is -4.31. The topological polar surface area (TPSA) is 26.0 Å². The molecule has 2 nitrogen and oxygen atoms in total. The van der Waals surface area contributed by atoms with Crippen molar-refractivity contribution in [3.05, 3.63) is 58.6 Å². The second-order valence-electron chi connectivity index (χ2n) is 4.58. The van der Waals surface area contributed by atoms with Crippen LogP contribution in [0.2, 0.25) is 5.02 Å². The first-order valence-electron chi connectivity index (χ1n) is 6.27. The van der Waals surface area contributed by atoms with Gasteiger partial charge in [-0.1, -0.05) is 35.5 Å². The first-order valence-corrected chi connectivity index (χ1v) is 7.63. The van der Waals surface area contributed by atoms with Crippen molar-refractivity contribution in [3.63, 3.8) is 0 Å². The largest absolute Gasteiger partial charge is 0.431 e. The molecule has 0 amide bonds. The predicted molar refractivity (Wildman–Crippen MR) is 80.0 cm³/mol. The van der Waals surface area contributed by atoms with E-state index in [4.69, 9.17) is 16.0 Å². The first kappa shape index (κ1) is 15.2. The van der Waals surface area contributed by atoms with Gasteiger partial charge < -0.3 is 4.42 Å². The van der Waals surface area contributed by atoms with E-state index in [0.717, 1.165) is 17.7 Å². The number of hydrogen-bond donors (Lipinski definition) is 0. The lowest BCUT2D eigenvalue weighted by Gasteiger charge is -2.06. The van der Waals surface area contributed by atoms with E-state index in [1.54, 1.807) is 18.2 Å². The first-order chi connectivity index (χ1) is 10.4. The molecule has 0 atom stereocenters. The van der Waals surface area contributed by atoms with Gasteiger partial charge in [-0.15, -0.1) is 0 Å². The maximum atomic E-state index is 12.5. The zero-order chi connectivity index (χ0) is 15.7. The Morgan fingerprint density at radius 2 is 1.82 bits per heavy atom. The predicted octanol–water partition coefficient (Wildman–Crippen LogP) is 5.79. The van der Waals surface area contributed by atoms with Crippen LogP contribution in [0.3, 0.4) is 0 Å². The Balaban J connectivity index is 1.71. The van der Waals surface area contributed by atoms with E-state index in [2.05, 4.69) is 4.98 Å². The van der Waals surface area contributed by atoms with E-state index in [0.29, 0.717) is 27.1 Å². The molecule has 0 spiro atoms. The van der Waals surface area contributed by atoms with Crippen molar-refractivity contribution in [1.29, 1.82) is 0 Å². The molecule has 1 heterocycles. The number of halogens is 4. The minimum absolute atomic E-state index is 0.456. The summed E-state index contributed by atoms with van der Waals surface area (Å²) in [5.74, 6) is 0.471.